The van der Waals surface area contributed by atoms with Crippen molar-refractivity contribution < 1.29 is 14.7 Å². The number of halogens is 2. The van der Waals surface area contributed by atoms with Gasteiger partial charge in [-0.3, -0.25) is 4.79 Å². The molecule has 0 unspecified atom stereocenters. The molecule has 0 atom stereocenters. The Labute approximate surface area is 133 Å². The Morgan fingerprint density at radius 2 is 2.00 bits per heavy atom. The predicted octanol–water partition coefficient (Wildman–Crippen LogP) is 4.14. The molecule has 7 heteroatoms. The quantitative estimate of drug-likeness (QED) is 0.767. The van der Waals surface area contributed by atoms with E-state index in [1.54, 1.807) is 18.2 Å². The average molecular weight is 340 g/mol. The Kier molecular flexibility index (Phi) is 3.49. The number of nitrogens with one attached hydrogen (secondary N) is 1. The van der Waals surface area contributed by atoms with E-state index in [0.717, 1.165) is 6.08 Å². The van der Waals surface area contributed by atoms with Crippen molar-refractivity contribution in [2.45, 2.75) is 0 Å². The van der Waals surface area contributed by atoms with Crippen LogP contribution in [0.5, 0.6) is 0 Å². The first kappa shape index (κ1) is 14.1. The van der Waals surface area contributed by atoms with Crippen LogP contribution in [0, 0.1) is 0 Å². The number of fused-ring (bicyclic) bond motifs is 2. The first-order chi connectivity index (χ1) is 9.95. The molecule has 1 aliphatic rings. The number of benzene rings is 1. The summed E-state index contributed by atoms with van der Waals surface area (Å²) in [7, 11) is 0. The molecule has 1 aromatic carbocycles. The van der Waals surface area contributed by atoms with Gasteiger partial charge in [-0.1, -0.05) is 29.3 Å². The van der Waals surface area contributed by atoms with Crippen molar-refractivity contribution >= 4 is 57.7 Å². The summed E-state index contributed by atoms with van der Waals surface area (Å²) < 4.78 is 0.420. The number of aliphatic carboxylic acids is 1. The van der Waals surface area contributed by atoms with E-state index in [0.29, 0.717) is 36.6 Å². The molecule has 0 saturated heterocycles. The Hall–Kier alpha value is -1.82. The highest BCUT2D eigenvalue weighted by Gasteiger charge is 2.26. The summed E-state index contributed by atoms with van der Waals surface area (Å²) in [6.45, 7) is 0. The van der Waals surface area contributed by atoms with Crippen molar-refractivity contribution in [3.8, 4) is 0 Å². The zero-order chi connectivity index (χ0) is 15.1. The van der Waals surface area contributed by atoms with Crippen LogP contribution in [0.15, 0.2) is 30.3 Å². The molecule has 0 saturated carbocycles. The number of anilines is 1. The topological polar surface area (TPSA) is 66.4 Å². The van der Waals surface area contributed by atoms with Gasteiger partial charge in [-0.05, 0) is 18.2 Å². The SMILES string of the molecule is O=C(O)/C=C1\c2ccc(Cl)cc2NC(=O)c2cc(Cl)sc21. The van der Waals surface area contributed by atoms with E-state index >= 15 is 0 Å². The standard InChI is InChI=1S/C14H7Cl2NO3S/c15-6-1-2-7-8(5-12(18)19)13-9(4-11(16)21-13)14(20)17-10(7)3-6/h1-5H,(H,17,20)(H,18,19)/b8-5+. The van der Waals surface area contributed by atoms with Gasteiger partial charge < -0.3 is 10.4 Å². The second kappa shape index (κ2) is 5.18. The monoisotopic (exact) mass is 339 g/mol. The maximum atomic E-state index is 12.2. The van der Waals surface area contributed by atoms with Crippen molar-refractivity contribution in [3.05, 3.63) is 55.7 Å². The molecule has 0 spiro atoms. The molecule has 2 aromatic rings. The van der Waals surface area contributed by atoms with E-state index in [1.807, 2.05) is 0 Å². The normalized spacial score (nSPS) is 15.1. The predicted molar refractivity (Wildman–Crippen MR) is 83.4 cm³/mol. The minimum atomic E-state index is -1.10. The fourth-order valence-corrected chi connectivity index (χ4v) is 3.59. The Morgan fingerprint density at radius 3 is 2.71 bits per heavy atom. The zero-order valence-corrected chi connectivity index (χ0v) is 12.6. The number of hydrogen-bond acceptors (Lipinski definition) is 3. The molecule has 2 heterocycles. The third kappa shape index (κ3) is 2.55. The molecular formula is C14H7Cl2NO3S. The number of amides is 1. The van der Waals surface area contributed by atoms with E-state index in [4.69, 9.17) is 28.3 Å². The van der Waals surface area contributed by atoms with Crippen molar-refractivity contribution in [2.24, 2.45) is 0 Å². The molecule has 3 rings (SSSR count). The number of carbonyl (C=O) groups is 2. The van der Waals surface area contributed by atoms with Crippen molar-refractivity contribution in [2.75, 3.05) is 5.32 Å². The summed E-state index contributed by atoms with van der Waals surface area (Å²) in [5.41, 5.74) is 1.84. The maximum absolute atomic E-state index is 12.2. The lowest BCUT2D eigenvalue weighted by Gasteiger charge is -2.09. The summed E-state index contributed by atoms with van der Waals surface area (Å²) >= 11 is 13.1. The molecule has 0 aliphatic carbocycles. The second-order valence-electron chi connectivity index (χ2n) is 4.33. The van der Waals surface area contributed by atoms with E-state index in [2.05, 4.69) is 5.32 Å². The molecular weight excluding hydrogens is 333 g/mol. The largest absolute Gasteiger partial charge is 0.478 e. The van der Waals surface area contributed by atoms with Crippen molar-refractivity contribution in [1.29, 1.82) is 0 Å². The van der Waals surface area contributed by atoms with Gasteiger partial charge in [0.05, 0.1) is 15.6 Å². The Bertz CT molecular complexity index is 811. The Balaban J connectivity index is 2.34. The summed E-state index contributed by atoms with van der Waals surface area (Å²) in [5, 5.41) is 12.3. The van der Waals surface area contributed by atoms with Gasteiger partial charge in [-0.15, -0.1) is 11.3 Å². The van der Waals surface area contributed by atoms with E-state index in [9.17, 15) is 9.59 Å². The third-order valence-corrected chi connectivity index (χ3v) is 4.51. The third-order valence-electron chi connectivity index (χ3n) is 2.98. The molecule has 1 aliphatic heterocycles. The number of hydrogen-bond donors (Lipinski definition) is 2. The summed E-state index contributed by atoms with van der Waals surface area (Å²) in [5.74, 6) is -1.44. The van der Waals surface area contributed by atoms with Gasteiger partial charge in [0.25, 0.3) is 5.91 Å². The first-order valence-electron chi connectivity index (χ1n) is 5.81. The van der Waals surface area contributed by atoms with E-state index in [1.165, 1.54) is 17.4 Å². The average Bonchev–Trinajstić information content (AvgIpc) is 2.74. The maximum Gasteiger partial charge on any atom is 0.328 e. The van der Waals surface area contributed by atoms with Gasteiger partial charge in [0.15, 0.2) is 0 Å². The fraction of sp³-hybridized carbons (Fsp3) is 0. The van der Waals surface area contributed by atoms with Crippen LogP contribution in [-0.4, -0.2) is 17.0 Å². The van der Waals surface area contributed by atoms with Crippen LogP contribution in [-0.2, 0) is 4.79 Å². The minimum Gasteiger partial charge on any atom is -0.478 e. The number of thiophene rings is 1. The zero-order valence-electron chi connectivity index (χ0n) is 10.3. The molecule has 106 valence electrons. The van der Waals surface area contributed by atoms with Gasteiger partial charge in [0, 0.05) is 27.1 Å². The van der Waals surface area contributed by atoms with Crippen LogP contribution in [0.4, 0.5) is 5.69 Å². The van der Waals surface area contributed by atoms with Crippen LogP contribution >= 0.6 is 34.5 Å². The number of carboxylic acid groups (broad SMARTS) is 1. The summed E-state index contributed by atoms with van der Waals surface area (Å²) in [4.78, 5) is 23.9. The van der Waals surface area contributed by atoms with Gasteiger partial charge in [-0.25, -0.2) is 4.79 Å². The lowest BCUT2D eigenvalue weighted by atomic mass is 10.0. The van der Waals surface area contributed by atoms with Crippen LogP contribution in [0.2, 0.25) is 9.36 Å². The molecule has 0 radical (unpaired) electrons. The van der Waals surface area contributed by atoms with Crippen molar-refractivity contribution in [1.82, 2.24) is 0 Å². The summed E-state index contributed by atoms with van der Waals surface area (Å²) in [6.07, 6.45) is 1.07. The van der Waals surface area contributed by atoms with Crippen LogP contribution in [0.3, 0.4) is 0 Å². The summed E-state index contributed by atoms with van der Waals surface area (Å²) in [6, 6.07) is 6.43. The van der Waals surface area contributed by atoms with E-state index < -0.39 is 5.97 Å². The highest BCUT2D eigenvalue weighted by molar-refractivity contribution is 7.17. The molecule has 2 N–H and O–H groups in total. The van der Waals surface area contributed by atoms with Crippen molar-refractivity contribution in [3.63, 3.8) is 0 Å². The minimum absolute atomic E-state index is 0.342. The Morgan fingerprint density at radius 1 is 1.24 bits per heavy atom. The first-order valence-corrected chi connectivity index (χ1v) is 7.38. The van der Waals surface area contributed by atoms with Crippen LogP contribution in [0.25, 0.3) is 5.57 Å². The fourth-order valence-electron chi connectivity index (χ4n) is 2.16. The van der Waals surface area contributed by atoms with E-state index in [-0.39, 0.29) is 5.91 Å². The molecule has 21 heavy (non-hydrogen) atoms. The molecule has 0 bridgehead atoms. The molecule has 0 fully saturated rings. The van der Waals surface area contributed by atoms with Crippen LogP contribution in [0.1, 0.15) is 20.8 Å². The highest BCUT2D eigenvalue weighted by atomic mass is 35.5. The molecule has 4 nitrogen and oxygen atoms in total. The van der Waals surface area contributed by atoms with Gasteiger partial charge in [-0.2, -0.15) is 0 Å². The van der Waals surface area contributed by atoms with Gasteiger partial charge >= 0.3 is 5.97 Å². The number of carbonyl (C=O) groups excluding carboxylic acids is 1. The number of carboxylic acids is 1. The molecule has 1 aromatic heterocycles. The van der Waals surface area contributed by atoms with Gasteiger partial charge in [0.2, 0.25) is 0 Å². The lowest BCUT2D eigenvalue weighted by Crippen LogP contribution is -2.10. The second-order valence-corrected chi connectivity index (χ2v) is 6.45. The number of rotatable bonds is 1. The highest BCUT2D eigenvalue weighted by Crippen LogP contribution is 2.41. The molecule has 1 amide bonds. The van der Waals surface area contributed by atoms with Crippen LogP contribution < -0.4 is 5.32 Å². The van der Waals surface area contributed by atoms with Gasteiger partial charge in [0.1, 0.15) is 0 Å². The smallest absolute Gasteiger partial charge is 0.328 e. The lowest BCUT2D eigenvalue weighted by molar-refractivity contribution is -0.131.